The van der Waals surface area contributed by atoms with Crippen LogP contribution in [0.5, 0.6) is 0 Å². The second-order valence-electron chi connectivity index (χ2n) is 5.14. The Kier molecular flexibility index (Phi) is 5.58. The van der Waals surface area contributed by atoms with E-state index in [1.54, 1.807) is 0 Å². The van der Waals surface area contributed by atoms with E-state index in [0.29, 0.717) is 24.5 Å². The Bertz CT molecular complexity index is 545. The highest BCUT2D eigenvalue weighted by Gasteiger charge is 2.33. The number of benzene rings is 1. The van der Waals surface area contributed by atoms with Crippen LogP contribution in [0.4, 0.5) is 13.2 Å². The number of carbonyl (C=O) groups is 1. The van der Waals surface area contributed by atoms with E-state index in [1.807, 2.05) is 0 Å². The van der Waals surface area contributed by atoms with Crippen molar-refractivity contribution in [3.8, 4) is 0 Å². The van der Waals surface area contributed by atoms with Crippen LogP contribution in [-0.2, 0) is 0 Å². The highest BCUT2D eigenvalue weighted by Crippen LogP contribution is 2.26. The first-order valence-corrected chi connectivity index (χ1v) is 7.57. The van der Waals surface area contributed by atoms with Crippen LogP contribution in [0.2, 0.25) is 10.0 Å². The number of alkyl halides is 3. The summed E-state index contributed by atoms with van der Waals surface area (Å²) in [5.41, 5.74) is 0.239. The Morgan fingerprint density at radius 2 is 2.05 bits per heavy atom. The first-order valence-electron chi connectivity index (χ1n) is 6.81. The van der Waals surface area contributed by atoms with Crippen molar-refractivity contribution in [2.24, 2.45) is 0 Å². The molecule has 1 aromatic rings. The van der Waals surface area contributed by atoms with E-state index >= 15 is 0 Å². The van der Waals surface area contributed by atoms with Crippen molar-refractivity contribution < 1.29 is 18.0 Å². The van der Waals surface area contributed by atoms with Gasteiger partial charge in [0.2, 0.25) is 0 Å². The summed E-state index contributed by atoms with van der Waals surface area (Å²) in [6.07, 6.45) is -4.70. The van der Waals surface area contributed by atoms with Crippen LogP contribution in [0.1, 0.15) is 23.2 Å². The minimum atomic E-state index is -4.30. The zero-order chi connectivity index (χ0) is 16.3. The fourth-order valence-corrected chi connectivity index (χ4v) is 2.70. The van der Waals surface area contributed by atoms with E-state index in [0.717, 1.165) is 0 Å². The van der Waals surface area contributed by atoms with Gasteiger partial charge in [0.05, 0.1) is 16.5 Å². The molecule has 3 nitrogen and oxygen atoms in total. The second-order valence-corrected chi connectivity index (χ2v) is 5.95. The van der Waals surface area contributed by atoms with Crippen molar-refractivity contribution in [3.05, 3.63) is 33.8 Å². The fraction of sp³-hybridized carbons (Fsp3) is 0.500. The lowest BCUT2D eigenvalue weighted by molar-refractivity contribution is -0.137. The zero-order valence-corrected chi connectivity index (χ0v) is 13.1. The lowest BCUT2D eigenvalue weighted by Crippen LogP contribution is -2.43. The molecule has 1 aliphatic rings. The number of hydrogen-bond acceptors (Lipinski definition) is 2. The molecule has 2 rings (SSSR count). The number of nitrogens with zero attached hydrogens (tertiary/aromatic N) is 1. The molecule has 0 aliphatic carbocycles. The average molecular weight is 355 g/mol. The molecule has 0 spiro atoms. The average Bonchev–Trinajstić information content (AvgIpc) is 2.94. The molecule has 0 radical (unpaired) electrons. The standard InChI is InChI=1S/C14H15Cl2F3N2O/c15-11-2-1-9(7-12(11)16)13(22)21(6-4-14(17,18)19)10-3-5-20-8-10/h1-2,7,10,20H,3-6,8H2/t10-/m0/s1. The molecule has 0 bridgehead atoms. The van der Waals surface area contributed by atoms with E-state index in [2.05, 4.69) is 5.32 Å². The van der Waals surface area contributed by atoms with Gasteiger partial charge in [0.25, 0.3) is 5.91 Å². The summed E-state index contributed by atoms with van der Waals surface area (Å²) in [4.78, 5) is 13.8. The van der Waals surface area contributed by atoms with E-state index in [-0.39, 0.29) is 23.2 Å². The van der Waals surface area contributed by atoms with Gasteiger partial charge in [-0.15, -0.1) is 0 Å². The SMILES string of the molecule is O=C(c1ccc(Cl)c(Cl)c1)N(CCC(F)(F)F)[C@H]1CCNC1. The van der Waals surface area contributed by atoms with Crippen molar-refractivity contribution in [3.63, 3.8) is 0 Å². The molecule has 1 aromatic carbocycles. The molecular formula is C14H15Cl2F3N2O. The summed E-state index contributed by atoms with van der Waals surface area (Å²) < 4.78 is 37.5. The van der Waals surface area contributed by atoms with Gasteiger partial charge in [-0.2, -0.15) is 13.2 Å². The highest BCUT2D eigenvalue weighted by molar-refractivity contribution is 6.42. The molecule has 1 atom stereocenters. The maximum atomic E-state index is 12.5. The monoisotopic (exact) mass is 354 g/mol. The third kappa shape index (κ3) is 4.51. The van der Waals surface area contributed by atoms with Gasteiger partial charge in [-0.1, -0.05) is 23.2 Å². The minimum absolute atomic E-state index is 0.202. The minimum Gasteiger partial charge on any atom is -0.334 e. The summed E-state index contributed by atoms with van der Waals surface area (Å²) in [5, 5.41) is 3.55. The molecule has 0 aromatic heterocycles. The van der Waals surface area contributed by atoms with Crippen molar-refractivity contribution in [2.75, 3.05) is 19.6 Å². The van der Waals surface area contributed by atoms with Gasteiger partial charge in [-0.3, -0.25) is 4.79 Å². The molecule has 1 saturated heterocycles. The van der Waals surface area contributed by atoms with Crippen LogP contribution in [0.3, 0.4) is 0 Å². The third-order valence-electron chi connectivity index (χ3n) is 3.54. The van der Waals surface area contributed by atoms with E-state index in [1.165, 1.54) is 23.1 Å². The van der Waals surface area contributed by atoms with E-state index < -0.39 is 18.5 Å². The summed E-state index contributed by atoms with van der Waals surface area (Å²) in [6.45, 7) is 0.807. The lowest BCUT2D eigenvalue weighted by Gasteiger charge is -2.29. The summed E-state index contributed by atoms with van der Waals surface area (Å²) in [5.74, 6) is -0.462. The van der Waals surface area contributed by atoms with Crippen LogP contribution < -0.4 is 5.32 Å². The summed E-state index contributed by atoms with van der Waals surface area (Å²) in [7, 11) is 0. The lowest BCUT2D eigenvalue weighted by atomic mass is 10.1. The van der Waals surface area contributed by atoms with Gasteiger partial charge in [0.1, 0.15) is 0 Å². The van der Waals surface area contributed by atoms with Crippen LogP contribution in [0.25, 0.3) is 0 Å². The third-order valence-corrected chi connectivity index (χ3v) is 4.28. The van der Waals surface area contributed by atoms with Gasteiger partial charge < -0.3 is 10.2 Å². The number of rotatable bonds is 4. The number of carbonyl (C=O) groups excluding carboxylic acids is 1. The van der Waals surface area contributed by atoms with Crippen LogP contribution in [0.15, 0.2) is 18.2 Å². The predicted molar refractivity (Wildman–Crippen MR) is 79.4 cm³/mol. The largest absolute Gasteiger partial charge is 0.390 e. The van der Waals surface area contributed by atoms with Gasteiger partial charge >= 0.3 is 6.18 Å². The molecular weight excluding hydrogens is 340 g/mol. The van der Waals surface area contributed by atoms with Crippen molar-refractivity contribution >= 4 is 29.1 Å². The van der Waals surface area contributed by atoms with E-state index in [9.17, 15) is 18.0 Å². The first kappa shape index (κ1) is 17.4. The van der Waals surface area contributed by atoms with Crippen molar-refractivity contribution in [1.82, 2.24) is 10.2 Å². The zero-order valence-electron chi connectivity index (χ0n) is 11.6. The number of hydrogen-bond donors (Lipinski definition) is 1. The fourth-order valence-electron chi connectivity index (χ4n) is 2.40. The molecule has 0 saturated carbocycles. The summed E-state index contributed by atoms with van der Waals surface area (Å²) >= 11 is 11.7. The highest BCUT2D eigenvalue weighted by atomic mass is 35.5. The Morgan fingerprint density at radius 3 is 2.59 bits per heavy atom. The normalized spacial score (nSPS) is 18.5. The molecule has 1 N–H and O–H groups in total. The van der Waals surface area contributed by atoms with Gasteiger partial charge in [-0.25, -0.2) is 0 Å². The Labute approximate surface area is 136 Å². The maximum Gasteiger partial charge on any atom is 0.390 e. The molecule has 8 heteroatoms. The van der Waals surface area contributed by atoms with E-state index in [4.69, 9.17) is 23.2 Å². The number of nitrogens with one attached hydrogen (secondary N) is 1. The maximum absolute atomic E-state index is 12.5. The summed E-state index contributed by atoms with van der Waals surface area (Å²) in [6, 6.07) is 4.07. The first-order chi connectivity index (χ1) is 10.3. The van der Waals surface area contributed by atoms with Gasteiger partial charge in [0, 0.05) is 24.7 Å². The molecule has 1 amide bonds. The van der Waals surface area contributed by atoms with Crippen LogP contribution in [0, 0.1) is 0 Å². The van der Waals surface area contributed by atoms with Crippen LogP contribution >= 0.6 is 23.2 Å². The van der Waals surface area contributed by atoms with Crippen LogP contribution in [-0.4, -0.2) is 42.7 Å². The number of halogens is 5. The quantitative estimate of drug-likeness (QED) is 0.892. The topological polar surface area (TPSA) is 32.3 Å². The smallest absolute Gasteiger partial charge is 0.334 e. The molecule has 122 valence electrons. The molecule has 1 heterocycles. The Balaban J connectivity index is 2.18. The molecule has 22 heavy (non-hydrogen) atoms. The second kappa shape index (κ2) is 7.06. The number of amides is 1. The van der Waals surface area contributed by atoms with Gasteiger partial charge in [-0.05, 0) is 31.2 Å². The molecule has 1 fully saturated rings. The van der Waals surface area contributed by atoms with Crippen molar-refractivity contribution in [1.29, 1.82) is 0 Å². The molecule has 0 unspecified atom stereocenters. The Hall–Kier alpha value is -0.980. The molecule has 1 aliphatic heterocycles. The van der Waals surface area contributed by atoms with Crippen molar-refractivity contribution in [2.45, 2.75) is 25.1 Å². The van der Waals surface area contributed by atoms with Gasteiger partial charge in [0.15, 0.2) is 0 Å². The predicted octanol–water partition coefficient (Wildman–Crippen LogP) is 3.75. The Morgan fingerprint density at radius 1 is 1.32 bits per heavy atom.